The van der Waals surface area contributed by atoms with E-state index >= 15 is 0 Å². The van der Waals surface area contributed by atoms with Gasteiger partial charge < -0.3 is 4.74 Å². The summed E-state index contributed by atoms with van der Waals surface area (Å²) in [6.07, 6.45) is 0. The van der Waals surface area contributed by atoms with Gasteiger partial charge in [0.15, 0.2) is 11.6 Å². The molecule has 2 aromatic carbocycles. The zero-order valence-electron chi connectivity index (χ0n) is 8.97. The highest BCUT2D eigenvalue weighted by molar-refractivity contribution is 5.48. The van der Waals surface area contributed by atoms with E-state index in [1.165, 1.54) is 18.2 Å². The van der Waals surface area contributed by atoms with Crippen LogP contribution in [0.2, 0.25) is 0 Å². The van der Waals surface area contributed by atoms with Gasteiger partial charge >= 0.3 is 5.69 Å². The minimum absolute atomic E-state index is 0.203. The number of nitro benzene ring substituents is 1. The Morgan fingerprint density at radius 2 is 1.78 bits per heavy atom. The van der Waals surface area contributed by atoms with Gasteiger partial charge in [0.05, 0.1) is 4.92 Å². The molecular weight excluding hydrogens is 244 g/mol. The fourth-order valence-electron chi connectivity index (χ4n) is 1.37. The number of rotatable bonds is 3. The Bertz CT molecular complexity index is 602. The van der Waals surface area contributed by atoms with Gasteiger partial charge in [0.25, 0.3) is 0 Å². The average Bonchev–Trinajstić information content (AvgIpc) is 2.32. The van der Waals surface area contributed by atoms with E-state index < -0.39 is 22.2 Å². The summed E-state index contributed by atoms with van der Waals surface area (Å²) in [4.78, 5) is 9.99. The van der Waals surface area contributed by atoms with Crippen molar-refractivity contribution in [1.82, 2.24) is 0 Å². The van der Waals surface area contributed by atoms with E-state index in [4.69, 9.17) is 4.74 Å². The van der Waals surface area contributed by atoms with E-state index in [9.17, 15) is 18.9 Å². The smallest absolute Gasteiger partial charge is 0.311 e. The van der Waals surface area contributed by atoms with Crippen molar-refractivity contribution in [2.45, 2.75) is 0 Å². The van der Waals surface area contributed by atoms with E-state index in [0.717, 1.165) is 24.3 Å². The van der Waals surface area contributed by atoms with Crippen molar-refractivity contribution in [3.05, 3.63) is 64.2 Å². The van der Waals surface area contributed by atoms with Crippen molar-refractivity contribution in [1.29, 1.82) is 0 Å². The van der Waals surface area contributed by atoms with Gasteiger partial charge in [-0.25, -0.2) is 8.78 Å². The normalized spacial score (nSPS) is 10.1. The molecular formula is C12H7F2NO3. The van der Waals surface area contributed by atoms with Crippen molar-refractivity contribution in [2.75, 3.05) is 0 Å². The van der Waals surface area contributed by atoms with Gasteiger partial charge in [-0.3, -0.25) is 10.1 Å². The van der Waals surface area contributed by atoms with Gasteiger partial charge in [0.1, 0.15) is 5.82 Å². The lowest BCUT2D eigenvalue weighted by Gasteiger charge is -2.06. The van der Waals surface area contributed by atoms with Crippen LogP contribution in [-0.4, -0.2) is 4.92 Å². The van der Waals surface area contributed by atoms with Crippen LogP contribution in [0.3, 0.4) is 0 Å². The Kier molecular flexibility index (Phi) is 3.18. The summed E-state index contributed by atoms with van der Waals surface area (Å²) in [6.45, 7) is 0. The van der Waals surface area contributed by atoms with Crippen LogP contribution in [0.5, 0.6) is 11.5 Å². The first-order valence-electron chi connectivity index (χ1n) is 4.94. The van der Waals surface area contributed by atoms with Crippen molar-refractivity contribution in [3.8, 4) is 11.5 Å². The third-order valence-corrected chi connectivity index (χ3v) is 2.18. The number of hydrogen-bond donors (Lipinski definition) is 0. The molecule has 92 valence electrons. The number of ether oxygens (including phenoxy) is 1. The molecule has 0 saturated heterocycles. The molecule has 18 heavy (non-hydrogen) atoms. The second-order valence-electron chi connectivity index (χ2n) is 3.40. The predicted molar refractivity (Wildman–Crippen MR) is 59.5 cm³/mol. The van der Waals surface area contributed by atoms with Gasteiger partial charge in [0, 0.05) is 12.1 Å². The summed E-state index contributed by atoms with van der Waals surface area (Å²) in [5.74, 6) is -1.93. The van der Waals surface area contributed by atoms with Crippen LogP contribution in [0.1, 0.15) is 0 Å². The standard InChI is InChI=1S/C12H7F2NO3/c13-8-5-6-10(15(16)17)12(7-8)18-11-4-2-1-3-9(11)14/h1-7H. The Morgan fingerprint density at radius 1 is 1.06 bits per heavy atom. The number of nitrogens with zero attached hydrogens (tertiary/aromatic N) is 1. The molecule has 0 radical (unpaired) electrons. The summed E-state index contributed by atoms with van der Waals surface area (Å²) < 4.78 is 31.4. The lowest BCUT2D eigenvalue weighted by molar-refractivity contribution is -0.385. The van der Waals surface area contributed by atoms with Crippen LogP contribution in [0.4, 0.5) is 14.5 Å². The highest BCUT2D eigenvalue weighted by Gasteiger charge is 2.17. The third-order valence-electron chi connectivity index (χ3n) is 2.18. The Hall–Kier alpha value is -2.50. The number of halogens is 2. The van der Waals surface area contributed by atoms with Crippen LogP contribution in [0, 0.1) is 21.7 Å². The highest BCUT2D eigenvalue weighted by Crippen LogP contribution is 2.32. The molecule has 0 aliphatic heterocycles. The number of para-hydroxylation sites is 1. The van der Waals surface area contributed by atoms with Crippen molar-refractivity contribution in [3.63, 3.8) is 0 Å². The van der Waals surface area contributed by atoms with E-state index in [0.29, 0.717) is 0 Å². The second-order valence-corrected chi connectivity index (χ2v) is 3.40. The van der Waals surface area contributed by atoms with Gasteiger partial charge in [-0.15, -0.1) is 0 Å². The minimum atomic E-state index is -0.727. The van der Waals surface area contributed by atoms with E-state index in [2.05, 4.69) is 0 Å². The molecule has 0 spiro atoms. The lowest BCUT2D eigenvalue weighted by Crippen LogP contribution is -1.95. The molecule has 0 aromatic heterocycles. The number of nitro groups is 1. The van der Waals surface area contributed by atoms with E-state index in [1.807, 2.05) is 0 Å². The lowest BCUT2D eigenvalue weighted by atomic mass is 10.3. The van der Waals surface area contributed by atoms with Crippen molar-refractivity contribution >= 4 is 5.69 Å². The van der Waals surface area contributed by atoms with Crippen LogP contribution >= 0.6 is 0 Å². The monoisotopic (exact) mass is 251 g/mol. The topological polar surface area (TPSA) is 52.4 Å². The molecule has 0 unspecified atom stereocenters. The predicted octanol–water partition coefficient (Wildman–Crippen LogP) is 3.67. The summed E-state index contributed by atoms with van der Waals surface area (Å²) in [6, 6.07) is 8.12. The molecule has 0 aliphatic rings. The quantitative estimate of drug-likeness (QED) is 0.617. The zero-order valence-corrected chi connectivity index (χ0v) is 8.97. The average molecular weight is 251 g/mol. The van der Waals surface area contributed by atoms with Gasteiger partial charge in [-0.2, -0.15) is 0 Å². The highest BCUT2D eigenvalue weighted by atomic mass is 19.1. The first-order valence-corrected chi connectivity index (χ1v) is 4.94. The molecule has 0 N–H and O–H groups in total. The zero-order chi connectivity index (χ0) is 13.1. The van der Waals surface area contributed by atoms with E-state index in [-0.39, 0.29) is 11.5 Å². The minimum Gasteiger partial charge on any atom is -0.447 e. The molecule has 0 bridgehead atoms. The molecule has 0 fully saturated rings. The first kappa shape index (κ1) is 12.0. The molecule has 0 saturated carbocycles. The fourth-order valence-corrected chi connectivity index (χ4v) is 1.37. The first-order chi connectivity index (χ1) is 8.58. The molecule has 6 heteroatoms. The SMILES string of the molecule is O=[N+]([O-])c1ccc(F)cc1Oc1ccccc1F. The number of hydrogen-bond acceptors (Lipinski definition) is 3. The molecule has 0 atom stereocenters. The summed E-state index contributed by atoms with van der Waals surface area (Å²) in [5, 5.41) is 10.7. The number of benzene rings is 2. The Labute approximate surface area is 101 Å². The molecule has 4 nitrogen and oxygen atoms in total. The van der Waals surface area contributed by atoms with E-state index in [1.54, 1.807) is 0 Å². The largest absolute Gasteiger partial charge is 0.447 e. The maximum absolute atomic E-state index is 13.3. The van der Waals surface area contributed by atoms with Crippen LogP contribution in [-0.2, 0) is 0 Å². The Morgan fingerprint density at radius 3 is 2.44 bits per heavy atom. The van der Waals surface area contributed by atoms with Crippen LogP contribution in [0.25, 0.3) is 0 Å². The molecule has 0 aliphatic carbocycles. The molecule has 0 heterocycles. The summed E-state index contributed by atoms with van der Waals surface area (Å²) in [5.41, 5.74) is -0.431. The summed E-state index contributed by atoms with van der Waals surface area (Å²) >= 11 is 0. The third kappa shape index (κ3) is 2.42. The van der Waals surface area contributed by atoms with Gasteiger partial charge in [-0.05, 0) is 18.2 Å². The fraction of sp³-hybridized carbons (Fsp3) is 0. The Balaban J connectivity index is 2.42. The maximum atomic E-state index is 13.3. The van der Waals surface area contributed by atoms with Crippen molar-refractivity contribution in [2.24, 2.45) is 0 Å². The molecule has 2 aromatic rings. The second kappa shape index (κ2) is 4.79. The van der Waals surface area contributed by atoms with Gasteiger partial charge in [-0.1, -0.05) is 12.1 Å². The van der Waals surface area contributed by atoms with Gasteiger partial charge in [0.2, 0.25) is 5.75 Å². The summed E-state index contributed by atoms with van der Waals surface area (Å²) in [7, 11) is 0. The van der Waals surface area contributed by atoms with Crippen LogP contribution in [0.15, 0.2) is 42.5 Å². The van der Waals surface area contributed by atoms with Crippen LogP contribution < -0.4 is 4.74 Å². The molecule has 2 rings (SSSR count). The van der Waals surface area contributed by atoms with Crippen molar-refractivity contribution < 1.29 is 18.4 Å². The molecule has 0 amide bonds. The maximum Gasteiger partial charge on any atom is 0.311 e.